The van der Waals surface area contributed by atoms with Crippen LogP contribution >= 0.6 is 11.6 Å². The molecule has 0 spiro atoms. The molecule has 1 rings (SSSR count). The lowest BCUT2D eigenvalue weighted by molar-refractivity contribution is 0.0697. The van der Waals surface area contributed by atoms with Gasteiger partial charge in [-0.15, -0.1) is 0 Å². The smallest absolute Gasteiger partial charge is 0.335 e. The number of hydrazone groups is 1. The summed E-state index contributed by atoms with van der Waals surface area (Å²) in [6, 6.07) is 4.47. The van der Waals surface area contributed by atoms with Gasteiger partial charge in [0.05, 0.1) is 16.3 Å². The van der Waals surface area contributed by atoms with Gasteiger partial charge in [0.15, 0.2) is 0 Å². The summed E-state index contributed by atoms with van der Waals surface area (Å²) in [4.78, 5) is 10.8. The summed E-state index contributed by atoms with van der Waals surface area (Å²) >= 11 is 5.95. The van der Waals surface area contributed by atoms with Gasteiger partial charge in [0.2, 0.25) is 0 Å². The Morgan fingerprint density at radius 3 is 2.72 bits per heavy atom. The highest BCUT2D eigenvalue weighted by Crippen LogP contribution is 2.23. The molecule has 0 aromatic heterocycles. The highest BCUT2D eigenvalue weighted by molar-refractivity contribution is 6.33. The number of carboxylic acids is 1. The molecule has 18 heavy (non-hydrogen) atoms. The molecular formula is C13H17ClN2O2. The first-order chi connectivity index (χ1) is 8.58. The molecule has 0 fully saturated rings. The van der Waals surface area contributed by atoms with Gasteiger partial charge in [0.25, 0.3) is 0 Å². The molecule has 0 aliphatic heterocycles. The van der Waals surface area contributed by atoms with Gasteiger partial charge in [-0.2, -0.15) is 5.10 Å². The number of rotatable bonds is 6. The highest BCUT2D eigenvalue weighted by Gasteiger charge is 2.06. The van der Waals surface area contributed by atoms with E-state index in [1.54, 1.807) is 6.07 Å². The Morgan fingerprint density at radius 1 is 1.50 bits per heavy atom. The van der Waals surface area contributed by atoms with E-state index < -0.39 is 5.97 Å². The Kier molecular flexibility index (Phi) is 5.65. The number of carboxylic acid groups (broad SMARTS) is 1. The topological polar surface area (TPSA) is 61.7 Å². The third-order valence-corrected chi connectivity index (χ3v) is 3.06. The molecule has 0 amide bonds. The summed E-state index contributed by atoms with van der Waals surface area (Å²) in [5, 5.41) is 13.4. The van der Waals surface area contributed by atoms with Crippen LogP contribution in [-0.2, 0) is 0 Å². The first-order valence-electron chi connectivity index (χ1n) is 5.90. The normalized spacial score (nSPS) is 11.1. The Bertz CT molecular complexity index is 443. The van der Waals surface area contributed by atoms with Gasteiger partial charge < -0.3 is 5.11 Å². The van der Waals surface area contributed by atoms with Crippen molar-refractivity contribution in [2.45, 2.75) is 26.7 Å². The Morgan fingerprint density at radius 2 is 2.17 bits per heavy atom. The van der Waals surface area contributed by atoms with Gasteiger partial charge in [-0.25, -0.2) is 4.79 Å². The van der Waals surface area contributed by atoms with E-state index in [1.165, 1.54) is 12.1 Å². The quantitative estimate of drug-likeness (QED) is 0.608. The Balaban J connectivity index is 2.78. The number of nitrogens with one attached hydrogen (secondary N) is 1. The molecule has 0 aliphatic carbocycles. The minimum absolute atomic E-state index is 0.180. The lowest BCUT2D eigenvalue weighted by Gasteiger charge is -2.07. The van der Waals surface area contributed by atoms with Gasteiger partial charge in [-0.1, -0.05) is 25.4 Å². The van der Waals surface area contributed by atoms with Gasteiger partial charge in [0, 0.05) is 6.21 Å². The van der Waals surface area contributed by atoms with Gasteiger partial charge in [-0.3, -0.25) is 5.43 Å². The molecule has 0 atom stereocenters. The predicted octanol–water partition coefficient (Wildman–Crippen LogP) is 3.87. The van der Waals surface area contributed by atoms with Crippen LogP contribution in [0, 0.1) is 5.92 Å². The predicted molar refractivity (Wildman–Crippen MR) is 74.6 cm³/mol. The van der Waals surface area contributed by atoms with Crippen LogP contribution in [0.25, 0.3) is 0 Å². The molecular weight excluding hydrogens is 252 g/mol. The molecule has 0 saturated heterocycles. The van der Waals surface area contributed by atoms with Crippen molar-refractivity contribution in [2.75, 3.05) is 5.43 Å². The van der Waals surface area contributed by atoms with Crippen molar-refractivity contribution in [3.63, 3.8) is 0 Å². The van der Waals surface area contributed by atoms with Crippen LogP contribution in [0.3, 0.4) is 0 Å². The van der Waals surface area contributed by atoms with E-state index in [0.29, 0.717) is 16.6 Å². The fourth-order valence-corrected chi connectivity index (χ4v) is 1.62. The third-order valence-electron chi connectivity index (χ3n) is 2.73. The molecule has 4 nitrogen and oxygen atoms in total. The minimum Gasteiger partial charge on any atom is -0.478 e. The Labute approximate surface area is 112 Å². The molecule has 0 heterocycles. The summed E-state index contributed by atoms with van der Waals surface area (Å²) in [5.74, 6) is -0.572. The monoisotopic (exact) mass is 268 g/mol. The zero-order valence-corrected chi connectivity index (χ0v) is 11.2. The van der Waals surface area contributed by atoms with E-state index in [0.717, 1.165) is 12.8 Å². The van der Waals surface area contributed by atoms with Crippen LogP contribution in [0.4, 0.5) is 5.69 Å². The zero-order valence-electron chi connectivity index (χ0n) is 10.5. The number of hydrogen-bond acceptors (Lipinski definition) is 3. The second-order valence-corrected chi connectivity index (χ2v) is 4.37. The van der Waals surface area contributed by atoms with Crippen molar-refractivity contribution in [1.29, 1.82) is 0 Å². The Hall–Kier alpha value is -1.55. The maximum absolute atomic E-state index is 10.8. The molecule has 0 unspecified atom stereocenters. The molecule has 1 aromatic carbocycles. The van der Waals surface area contributed by atoms with Crippen molar-refractivity contribution in [1.82, 2.24) is 0 Å². The standard InChI is InChI=1S/C13H17ClN2O2/c1-3-9(4-2)8-15-16-12-7-10(13(17)18)5-6-11(12)14/h5-9,16H,3-4H2,1-2H3,(H,17,18)/b15-8-. The van der Waals surface area contributed by atoms with E-state index in [4.69, 9.17) is 16.7 Å². The van der Waals surface area contributed by atoms with Crippen LogP contribution in [0.1, 0.15) is 37.0 Å². The first kappa shape index (κ1) is 14.5. The fraction of sp³-hybridized carbons (Fsp3) is 0.385. The van der Waals surface area contributed by atoms with E-state index >= 15 is 0 Å². The average molecular weight is 269 g/mol. The fourth-order valence-electron chi connectivity index (χ4n) is 1.46. The van der Waals surface area contributed by atoms with Gasteiger partial charge in [0.1, 0.15) is 0 Å². The summed E-state index contributed by atoms with van der Waals surface area (Å²) in [6.45, 7) is 4.19. The largest absolute Gasteiger partial charge is 0.478 e. The molecule has 2 N–H and O–H groups in total. The number of nitrogens with zero attached hydrogens (tertiary/aromatic N) is 1. The van der Waals surface area contributed by atoms with Gasteiger partial charge in [-0.05, 0) is 37.0 Å². The van der Waals surface area contributed by atoms with Crippen molar-refractivity contribution < 1.29 is 9.90 Å². The SMILES string of the molecule is CCC(/C=N\Nc1cc(C(=O)O)ccc1Cl)CC. The van der Waals surface area contributed by atoms with E-state index in [-0.39, 0.29) is 5.56 Å². The van der Waals surface area contributed by atoms with Crippen molar-refractivity contribution in [2.24, 2.45) is 11.0 Å². The molecule has 0 radical (unpaired) electrons. The van der Waals surface area contributed by atoms with Crippen LogP contribution in [0.2, 0.25) is 5.02 Å². The van der Waals surface area contributed by atoms with E-state index in [1.807, 2.05) is 6.21 Å². The van der Waals surface area contributed by atoms with Crippen molar-refractivity contribution >= 4 is 29.5 Å². The summed E-state index contributed by atoms with van der Waals surface area (Å²) in [7, 11) is 0. The third kappa shape index (κ3) is 4.04. The van der Waals surface area contributed by atoms with Crippen LogP contribution in [0.5, 0.6) is 0 Å². The minimum atomic E-state index is -0.987. The van der Waals surface area contributed by atoms with Crippen molar-refractivity contribution in [3.8, 4) is 0 Å². The van der Waals surface area contributed by atoms with E-state index in [2.05, 4.69) is 24.4 Å². The lowest BCUT2D eigenvalue weighted by atomic mass is 10.1. The molecule has 98 valence electrons. The summed E-state index contributed by atoms with van der Waals surface area (Å²) < 4.78 is 0. The van der Waals surface area contributed by atoms with Gasteiger partial charge >= 0.3 is 5.97 Å². The maximum Gasteiger partial charge on any atom is 0.335 e. The molecule has 5 heteroatoms. The second-order valence-electron chi connectivity index (χ2n) is 3.97. The summed E-state index contributed by atoms with van der Waals surface area (Å²) in [6.07, 6.45) is 3.86. The highest BCUT2D eigenvalue weighted by atomic mass is 35.5. The van der Waals surface area contributed by atoms with Crippen LogP contribution < -0.4 is 5.43 Å². The number of hydrogen-bond donors (Lipinski definition) is 2. The zero-order chi connectivity index (χ0) is 13.5. The van der Waals surface area contributed by atoms with E-state index in [9.17, 15) is 4.79 Å². The van der Waals surface area contributed by atoms with Crippen LogP contribution in [-0.4, -0.2) is 17.3 Å². The number of carbonyl (C=O) groups is 1. The maximum atomic E-state index is 10.8. The molecule has 1 aromatic rings. The molecule has 0 aliphatic rings. The molecule has 0 bridgehead atoms. The lowest BCUT2D eigenvalue weighted by Crippen LogP contribution is -2.02. The first-order valence-corrected chi connectivity index (χ1v) is 6.28. The van der Waals surface area contributed by atoms with Crippen LogP contribution in [0.15, 0.2) is 23.3 Å². The van der Waals surface area contributed by atoms with Crippen molar-refractivity contribution in [3.05, 3.63) is 28.8 Å². The number of benzene rings is 1. The number of aromatic carboxylic acids is 1. The average Bonchev–Trinajstić information content (AvgIpc) is 2.36. The second kappa shape index (κ2) is 7.01. The number of anilines is 1. The molecule has 0 saturated carbocycles. The number of halogens is 1. The summed E-state index contributed by atoms with van der Waals surface area (Å²) in [5.41, 5.74) is 3.46.